The number of hydrogen-bond acceptors (Lipinski definition) is 2. The molecule has 88 valence electrons. The first kappa shape index (κ1) is 13.3. The van der Waals surface area contributed by atoms with Crippen molar-refractivity contribution in [1.82, 2.24) is 0 Å². The summed E-state index contributed by atoms with van der Waals surface area (Å²) in [5.74, 6) is 0. The van der Waals surface area contributed by atoms with Gasteiger partial charge < -0.3 is 5.11 Å². The Hall–Kier alpha value is -0.730. The van der Waals surface area contributed by atoms with Gasteiger partial charge >= 0.3 is 0 Å². The van der Waals surface area contributed by atoms with Crippen molar-refractivity contribution >= 4 is 17.8 Å². The molecular formula is C14H20OS. The standard InChI is InChI=1S/C14H20OS/c1-14(2,15)11-5-4-6-12-7-9-13(16-3)10-8-12/h4,6-10,15H,5,11H2,1-3H3/b6-4+. The van der Waals surface area contributed by atoms with Gasteiger partial charge in [-0.1, -0.05) is 24.3 Å². The van der Waals surface area contributed by atoms with Crippen LogP contribution in [0.5, 0.6) is 0 Å². The molecule has 0 aromatic heterocycles. The van der Waals surface area contributed by atoms with Crippen molar-refractivity contribution in [2.75, 3.05) is 6.26 Å². The van der Waals surface area contributed by atoms with Crippen LogP contribution in [0.2, 0.25) is 0 Å². The van der Waals surface area contributed by atoms with E-state index in [0.29, 0.717) is 0 Å². The minimum absolute atomic E-state index is 0.562. The summed E-state index contributed by atoms with van der Waals surface area (Å²) in [6.07, 6.45) is 8.01. The number of allylic oxidation sites excluding steroid dienone is 1. The van der Waals surface area contributed by atoms with Gasteiger partial charge in [-0.2, -0.15) is 0 Å². The monoisotopic (exact) mass is 236 g/mol. The van der Waals surface area contributed by atoms with Gasteiger partial charge in [0.2, 0.25) is 0 Å². The lowest BCUT2D eigenvalue weighted by atomic mass is 10.0. The molecule has 1 N–H and O–H groups in total. The highest BCUT2D eigenvalue weighted by molar-refractivity contribution is 7.98. The molecule has 0 fully saturated rings. The van der Waals surface area contributed by atoms with Gasteiger partial charge in [0.05, 0.1) is 5.60 Å². The molecule has 0 radical (unpaired) electrons. The first-order valence-electron chi connectivity index (χ1n) is 5.54. The number of benzene rings is 1. The van der Waals surface area contributed by atoms with Crippen LogP contribution in [0.3, 0.4) is 0 Å². The van der Waals surface area contributed by atoms with Crippen LogP contribution in [0.1, 0.15) is 32.3 Å². The molecule has 0 saturated carbocycles. The van der Waals surface area contributed by atoms with Crippen molar-refractivity contribution in [1.29, 1.82) is 0 Å². The average Bonchev–Trinajstić information content (AvgIpc) is 2.24. The lowest BCUT2D eigenvalue weighted by Gasteiger charge is -2.14. The van der Waals surface area contributed by atoms with Gasteiger partial charge in [-0.25, -0.2) is 0 Å². The van der Waals surface area contributed by atoms with E-state index in [-0.39, 0.29) is 0 Å². The molecule has 0 atom stereocenters. The summed E-state index contributed by atoms with van der Waals surface area (Å²) in [5, 5.41) is 9.55. The molecule has 1 rings (SSSR count). The fraction of sp³-hybridized carbons (Fsp3) is 0.429. The van der Waals surface area contributed by atoms with E-state index in [1.54, 1.807) is 11.8 Å². The Morgan fingerprint density at radius 1 is 1.25 bits per heavy atom. The molecule has 0 heterocycles. The molecule has 0 unspecified atom stereocenters. The third-order valence-electron chi connectivity index (χ3n) is 2.35. The van der Waals surface area contributed by atoms with Gasteiger partial charge in [-0.3, -0.25) is 0 Å². The Kier molecular flexibility index (Phi) is 5.10. The van der Waals surface area contributed by atoms with Crippen molar-refractivity contribution in [2.45, 2.75) is 37.2 Å². The van der Waals surface area contributed by atoms with E-state index < -0.39 is 5.60 Å². The van der Waals surface area contributed by atoms with Crippen LogP contribution in [-0.4, -0.2) is 17.0 Å². The third-order valence-corrected chi connectivity index (χ3v) is 3.09. The number of thioether (sulfide) groups is 1. The summed E-state index contributed by atoms with van der Waals surface area (Å²) >= 11 is 1.75. The van der Waals surface area contributed by atoms with E-state index in [4.69, 9.17) is 0 Å². The minimum Gasteiger partial charge on any atom is -0.390 e. The largest absolute Gasteiger partial charge is 0.390 e. The second-order valence-electron chi connectivity index (χ2n) is 4.53. The van der Waals surface area contributed by atoms with Crippen molar-refractivity contribution in [3.8, 4) is 0 Å². The van der Waals surface area contributed by atoms with Crippen molar-refractivity contribution in [2.24, 2.45) is 0 Å². The first-order valence-corrected chi connectivity index (χ1v) is 6.77. The molecule has 0 aliphatic rings. The molecule has 16 heavy (non-hydrogen) atoms. The third kappa shape index (κ3) is 5.38. The summed E-state index contributed by atoms with van der Waals surface area (Å²) in [5.41, 5.74) is 0.654. The molecule has 0 bridgehead atoms. The molecule has 2 heteroatoms. The van der Waals surface area contributed by atoms with E-state index in [2.05, 4.69) is 42.7 Å². The second-order valence-corrected chi connectivity index (χ2v) is 5.41. The van der Waals surface area contributed by atoms with Crippen LogP contribution in [0.4, 0.5) is 0 Å². The molecule has 1 aromatic carbocycles. The van der Waals surface area contributed by atoms with Gasteiger partial charge in [-0.15, -0.1) is 11.8 Å². The van der Waals surface area contributed by atoms with Gasteiger partial charge in [-0.05, 0) is 50.6 Å². The van der Waals surface area contributed by atoms with Crippen molar-refractivity contribution < 1.29 is 5.11 Å². The Labute approximate surface area is 103 Å². The fourth-order valence-corrected chi connectivity index (χ4v) is 1.78. The quantitative estimate of drug-likeness (QED) is 0.781. The van der Waals surface area contributed by atoms with E-state index >= 15 is 0 Å². The van der Waals surface area contributed by atoms with E-state index in [0.717, 1.165) is 12.8 Å². The van der Waals surface area contributed by atoms with Gasteiger partial charge in [0, 0.05) is 4.90 Å². The van der Waals surface area contributed by atoms with Crippen LogP contribution < -0.4 is 0 Å². The summed E-state index contributed by atoms with van der Waals surface area (Å²) < 4.78 is 0. The van der Waals surface area contributed by atoms with Crippen molar-refractivity contribution in [3.05, 3.63) is 35.9 Å². The van der Waals surface area contributed by atoms with Gasteiger partial charge in [0.25, 0.3) is 0 Å². The molecule has 0 amide bonds. The topological polar surface area (TPSA) is 20.2 Å². The van der Waals surface area contributed by atoms with Crippen LogP contribution in [0, 0.1) is 0 Å². The number of aliphatic hydroxyl groups is 1. The SMILES string of the molecule is CSc1ccc(/C=C/CCC(C)(C)O)cc1. The second kappa shape index (κ2) is 6.12. The van der Waals surface area contributed by atoms with Crippen LogP contribution >= 0.6 is 11.8 Å². The molecule has 1 aromatic rings. The summed E-state index contributed by atoms with van der Waals surface area (Å²) in [7, 11) is 0. The van der Waals surface area contributed by atoms with E-state index in [1.807, 2.05) is 13.8 Å². The predicted octanol–water partition coefficient (Wildman–Crippen LogP) is 3.97. The molecule has 0 aliphatic carbocycles. The molecule has 0 spiro atoms. The molecule has 1 nitrogen and oxygen atoms in total. The van der Waals surface area contributed by atoms with Crippen molar-refractivity contribution in [3.63, 3.8) is 0 Å². The van der Waals surface area contributed by atoms with Gasteiger partial charge in [0.1, 0.15) is 0 Å². The fourth-order valence-electron chi connectivity index (χ4n) is 1.37. The molecular weight excluding hydrogens is 216 g/mol. The van der Waals surface area contributed by atoms with Gasteiger partial charge in [0.15, 0.2) is 0 Å². The Bertz CT molecular complexity index is 333. The first-order chi connectivity index (χ1) is 7.51. The highest BCUT2D eigenvalue weighted by Crippen LogP contribution is 2.16. The summed E-state index contributed by atoms with van der Waals surface area (Å²) in [6.45, 7) is 3.68. The minimum atomic E-state index is -0.562. The van der Waals surface area contributed by atoms with Crippen LogP contribution in [0.25, 0.3) is 6.08 Å². The zero-order valence-corrected chi connectivity index (χ0v) is 11.1. The predicted molar refractivity (Wildman–Crippen MR) is 72.8 cm³/mol. The Morgan fingerprint density at radius 2 is 1.88 bits per heavy atom. The maximum atomic E-state index is 9.55. The normalized spacial score (nSPS) is 12.2. The maximum Gasteiger partial charge on any atom is 0.0594 e. The Morgan fingerprint density at radius 3 is 2.38 bits per heavy atom. The highest BCUT2D eigenvalue weighted by atomic mass is 32.2. The lowest BCUT2D eigenvalue weighted by molar-refractivity contribution is 0.0722. The highest BCUT2D eigenvalue weighted by Gasteiger charge is 2.09. The molecule has 0 saturated heterocycles. The van der Waals surface area contributed by atoms with E-state index in [1.165, 1.54) is 10.5 Å². The summed E-state index contributed by atoms with van der Waals surface area (Å²) in [6, 6.07) is 8.49. The molecule has 0 aliphatic heterocycles. The summed E-state index contributed by atoms with van der Waals surface area (Å²) in [4.78, 5) is 1.29. The Balaban J connectivity index is 2.44. The number of hydrogen-bond donors (Lipinski definition) is 1. The zero-order valence-electron chi connectivity index (χ0n) is 10.2. The average molecular weight is 236 g/mol. The van der Waals surface area contributed by atoms with E-state index in [9.17, 15) is 5.11 Å². The maximum absolute atomic E-state index is 9.55. The zero-order chi connectivity index (χ0) is 12.0. The van der Waals surface area contributed by atoms with Crippen LogP contribution in [0.15, 0.2) is 35.2 Å². The van der Waals surface area contributed by atoms with Crippen LogP contribution in [-0.2, 0) is 0 Å². The smallest absolute Gasteiger partial charge is 0.0594 e. The number of rotatable bonds is 5. The lowest BCUT2D eigenvalue weighted by Crippen LogP contribution is -2.17.